The molecule has 1 aromatic heterocycles. The van der Waals surface area contributed by atoms with Gasteiger partial charge in [0.15, 0.2) is 11.2 Å². The molecule has 11 heteroatoms. The summed E-state index contributed by atoms with van der Waals surface area (Å²) in [6.45, 7) is -0.146. The zero-order chi connectivity index (χ0) is 19.1. The maximum atomic E-state index is 12.2. The molecule has 2 rings (SSSR count). The largest absolute Gasteiger partial charge is 0.453 e. The van der Waals surface area contributed by atoms with E-state index in [0.717, 1.165) is 0 Å². The number of benzene rings is 1. The van der Waals surface area contributed by atoms with Crippen molar-refractivity contribution < 1.29 is 33.1 Å². The third-order valence-electron chi connectivity index (χ3n) is 3.22. The lowest BCUT2D eigenvalue weighted by atomic mass is 10.2. The van der Waals surface area contributed by atoms with Gasteiger partial charge in [0, 0.05) is 6.42 Å². The number of hydrogen-bond donors (Lipinski definition) is 3. The summed E-state index contributed by atoms with van der Waals surface area (Å²) in [5.41, 5.74) is 9.74. The van der Waals surface area contributed by atoms with E-state index in [1.165, 1.54) is 12.1 Å². The van der Waals surface area contributed by atoms with Crippen molar-refractivity contribution in [1.29, 1.82) is 0 Å². The molecule has 0 spiro atoms. The summed E-state index contributed by atoms with van der Waals surface area (Å²) in [5, 5.41) is 2.13. The third kappa shape index (κ3) is 4.54. The molecule has 26 heavy (non-hydrogen) atoms. The second-order valence-electron chi connectivity index (χ2n) is 5.08. The number of aromatic amines is 1. The summed E-state index contributed by atoms with van der Waals surface area (Å²) < 4.78 is 14.4. The van der Waals surface area contributed by atoms with Crippen molar-refractivity contribution in [2.24, 2.45) is 11.5 Å². The number of primary amides is 1. The Morgan fingerprint density at radius 3 is 2.65 bits per heavy atom. The molecule has 2 aromatic rings. The van der Waals surface area contributed by atoms with Crippen molar-refractivity contribution in [3.63, 3.8) is 0 Å². The molecule has 0 aliphatic carbocycles. The maximum absolute atomic E-state index is 12.2. The number of amides is 1. The van der Waals surface area contributed by atoms with Crippen LogP contribution in [0.4, 0.5) is 0 Å². The average molecular weight is 365 g/mol. The van der Waals surface area contributed by atoms with Crippen LogP contribution in [0.5, 0.6) is 5.75 Å². The van der Waals surface area contributed by atoms with E-state index in [9.17, 15) is 19.3 Å². The van der Waals surface area contributed by atoms with E-state index in [2.05, 4.69) is 9.79 Å². The zero-order valence-electron chi connectivity index (χ0n) is 13.6. The van der Waals surface area contributed by atoms with Crippen molar-refractivity contribution in [2.75, 3.05) is 6.54 Å². The van der Waals surface area contributed by atoms with Gasteiger partial charge in [0.1, 0.15) is 11.3 Å². The van der Waals surface area contributed by atoms with Gasteiger partial charge in [-0.1, -0.05) is 21.9 Å². The van der Waals surface area contributed by atoms with E-state index < -0.39 is 30.1 Å². The molecule has 0 bridgehead atoms. The highest BCUT2D eigenvalue weighted by Crippen LogP contribution is 2.20. The highest BCUT2D eigenvalue weighted by atomic mass is 16.7. The molecule has 0 fully saturated rings. The van der Waals surface area contributed by atoms with Crippen molar-refractivity contribution in [3.05, 3.63) is 46.1 Å². The van der Waals surface area contributed by atoms with Gasteiger partial charge in [-0.2, -0.15) is 0 Å². The van der Waals surface area contributed by atoms with Gasteiger partial charge in [0.25, 0.3) is 0 Å². The van der Waals surface area contributed by atoms with Gasteiger partial charge in [0.2, 0.25) is 5.69 Å². The van der Waals surface area contributed by atoms with Gasteiger partial charge >= 0.3 is 23.5 Å². The molecule has 0 aliphatic rings. The predicted molar refractivity (Wildman–Crippen MR) is 84.4 cm³/mol. The Balaban J connectivity index is 2.10. The fourth-order valence-electron chi connectivity index (χ4n) is 2.00. The number of rotatable bonds is 8. The predicted octanol–water partition coefficient (Wildman–Crippen LogP) is -0.378. The Labute approximate surface area is 146 Å². The average Bonchev–Trinajstić information content (AvgIpc) is 2.99. The fourth-order valence-corrected chi connectivity index (χ4v) is 2.00. The van der Waals surface area contributed by atoms with Gasteiger partial charge in [0.05, 0.1) is 0 Å². The minimum absolute atomic E-state index is 0.00674. The lowest BCUT2D eigenvalue weighted by molar-refractivity contribution is -0.714. The number of nitrogens with one attached hydrogen (secondary N) is 1. The van der Waals surface area contributed by atoms with E-state index in [1.807, 2.05) is 0 Å². The van der Waals surface area contributed by atoms with Crippen molar-refractivity contribution in [2.45, 2.75) is 19.4 Å². The van der Waals surface area contributed by atoms with E-state index in [0.29, 0.717) is 13.0 Å². The Hall–Kier alpha value is -3.47. The van der Waals surface area contributed by atoms with Crippen LogP contribution in [0, 0.1) is 4.91 Å². The van der Waals surface area contributed by atoms with Gasteiger partial charge in [-0.15, -0.1) is 0 Å². The zero-order valence-corrected chi connectivity index (χ0v) is 13.6. The quantitative estimate of drug-likeness (QED) is 0.419. The first-order valence-corrected chi connectivity index (χ1v) is 7.54. The standard InChI is InChI=1S/C15H16N4O7/c16-7-3-6-12(20)25-11-5-2-1-4-9(11)15(22)24-8-10-13(14(17)21)19(23)26-18-10/h1-2,4-5H,3,6-8,16H2,(H2-,17,18,21,23)/p+1. The highest BCUT2D eigenvalue weighted by molar-refractivity contribution is 5.94. The van der Waals surface area contributed by atoms with Crippen LogP contribution in [0.1, 0.15) is 39.4 Å². The lowest BCUT2D eigenvalue weighted by Crippen LogP contribution is -2.27. The number of para-hydroxylation sites is 1. The summed E-state index contributed by atoms with van der Waals surface area (Å²) in [6.07, 6.45) is 0.558. The molecule has 0 aliphatic heterocycles. The first kappa shape index (κ1) is 18.9. The number of ether oxygens (including phenoxy) is 2. The Morgan fingerprint density at radius 1 is 1.23 bits per heavy atom. The van der Waals surface area contributed by atoms with Crippen molar-refractivity contribution in [3.8, 4) is 5.75 Å². The van der Waals surface area contributed by atoms with Crippen LogP contribution >= 0.6 is 0 Å². The molecule has 0 saturated heterocycles. The SMILES string of the molecule is NCCCC(=O)Oc1ccccc1C(=O)OCc1[nH]o[n+](=O)c1C(N)=O. The van der Waals surface area contributed by atoms with Gasteiger partial charge in [-0.3, -0.25) is 9.59 Å². The van der Waals surface area contributed by atoms with E-state index in [-0.39, 0.29) is 28.0 Å². The summed E-state index contributed by atoms with van der Waals surface area (Å²) in [6, 6.07) is 5.97. The summed E-state index contributed by atoms with van der Waals surface area (Å²) in [4.78, 5) is 46.4. The molecule has 11 nitrogen and oxygen atoms in total. The molecular formula is C15H17N4O7+. The summed E-state index contributed by atoms with van der Waals surface area (Å²) >= 11 is 0. The molecule has 0 saturated carbocycles. The number of esters is 2. The van der Waals surface area contributed by atoms with Crippen LogP contribution in [-0.4, -0.2) is 29.5 Å². The Bertz CT molecular complexity index is 871. The van der Waals surface area contributed by atoms with Crippen molar-refractivity contribution in [1.82, 2.24) is 5.16 Å². The molecule has 0 unspecified atom stereocenters. The molecule has 1 aromatic carbocycles. The number of nitrogens with zero attached hydrogens (tertiary/aromatic N) is 1. The van der Waals surface area contributed by atoms with E-state index in [1.54, 1.807) is 12.1 Å². The number of nitrogens with two attached hydrogens (primary N) is 2. The second-order valence-corrected chi connectivity index (χ2v) is 5.08. The first-order valence-electron chi connectivity index (χ1n) is 7.54. The molecule has 5 N–H and O–H groups in total. The van der Waals surface area contributed by atoms with Gasteiger partial charge in [-0.25, -0.2) is 4.79 Å². The Morgan fingerprint density at radius 2 is 1.96 bits per heavy atom. The van der Waals surface area contributed by atoms with Crippen LogP contribution in [0.15, 0.2) is 28.9 Å². The van der Waals surface area contributed by atoms with Crippen LogP contribution < -0.4 is 20.8 Å². The van der Waals surface area contributed by atoms with Crippen LogP contribution in [0.3, 0.4) is 0 Å². The molecular weight excluding hydrogens is 348 g/mol. The van der Waals surface area contributed by atoms with E-state index in [4.69, 9.17) is 20.9 Å². The fraction of sp³-hybridized carbons (Fsp3) is 0.267. The van der Waals surface area contributed by atoms with Crippen LogP contribution in [0.25, 0.3) is 0 Å². The smallest absolute Gasteiger partial charge is 0.342 e. The van der Waals surface area contributed by atoms with E-state index >= 15 is 0 Å². The monoisotopic (exact) mass is 365 g/mol. The number of aromatic nitrogens is 2. The summed E-state index contributed by atoms with van der Waals surface area (Å²) in [5.74, 6) is -2.41. The van der Waals surface area contributed by atoms with Crippen LogP contribution in [-0.2, 0) is 16.1 Å². The molecule has 1 heterocycles. The second kappa shape index (κ2) is 8.58. The normalized spacial score (nSPS) is 10.3. The highest BCUT2D eigenvalue weighted by Gasteiger charge is 2.27. The molecule has 0 atom stereocenters. The first-order chi connectivity index (χ1) is 12.4. The van der Waals surface area contributed by atoms with Crippen LogP contribution in [0.2, 0.25) is 0 Å². The molecule has 0 radical (unpaired) electrons. The third-order valence-corrected chi connectivity index (χ3v) is 3.22. The topological polar surface area (TPSA) is 174 Å². The number of H-pyrrole nitrogens is 1. The molecule has 1 amide bonds. The summed E-state index contributed by atoms with van der Waals surface area (Å²) in [7, 11) is 0. The maximum Gasteiger partial charge on any atom is 0.342 e. The number of carbonyl (C=O) groups is 3. The lowest BCUT2D eigenvalue weighted by Gasteiger charge is -2.09. The molecule has 138 valence electrons. The minimum Gasteiger partial charge on any atom is -0.453 e. The Kier molecular flexibility index (Phi) is 6.22. The van der Waals surface area contributed by atoms with Gasteiger partial charge < -0.3 is 20.9 Å². The number of carbonyl (C=O) groups excluding carboxylic acids is 3. The van der Waals surface area contributed by atoms with Crippen molar-refractivity contribution >= 4 is 17.8 Å². The minimum atomic E-state index is -1.05. The van der Waals surface area contributed by atoms with Gasteiger partial charge in [-0.05, 0) is 30.0 Å². The number of hydrogen-bond acceptors (Lipinski definition) is 8.